The lowest BCUT2D eigenvalue weighted by Gasteiger charge is -2.41. The van der Waals surface area contributed by atoms with Gasteiger partial charge in [0, 0.05) is 13.1 Å². The maximum atomic E-state index is 6.11. The van der Waals surface area contributed by atoms with Crippen molar-refractivity contribution in [3.05, 3.63) is 35.9 Å². The van der Waals surface area contributed by atoms with Crippen LogP contribution in [0.2, 0.25) is 0 Å². The van der Waals surface area contributed by atoms with Gasteiger partial charge < -0.3 is 10.6 Å². The summed E-state index contributed by atoms with van der Waals surface area (Å²) in [5, 5.41) is 0. The highest BCUT2D eigenvalue weighted by Gasteiger charge is 2.33. The largest absolute Gasteiger partial charge is 0.330 e. The summed E-state index contributed by atoms with van der Waals surface area (Å²) in [4.78, 5) is 2.48. The zero-order valence-corrected chi connectivity index (χ0v) is 13.1. The van der Waals surface area contributed by atoms with Crippen molar-refractivity contribution in [2.45, 2.75) is 39.0 Å². The normalized spacial score (nSPS) is 26.9. The van der Waals surface area contributed by atoms with E-state index in [1.54, 1.807) is 0 Å². The highest BCUT2D eigenvalue weighted by Crippen LogP contribution is 2.38. The van der Waals surface area contributed by atoms with Crippen LogP contribution in [0.15, 0.2) is 30.3 Å². The third kappa shape index (κ3) is 4.32. The van der Waals surface area contributed by atoms with Crippen molar-refractivity contribution >= 4 is 0 Å². The molecule has 1 aliphatic rings. The molecular weight excluding hydrogens is 244 g/mol. The van der Waals surface area contributed by atoms with E-state index in [2.05, 4.69) is 49.2 Å². The lowest BCUT2D eigenvalue weighted by Crippen LogP contribution is -2.44. The zero-order valence-electron chi connectivity index (χ0n) is 13.1. The third-order valence-corrected chi connectivity index (χ3v) is 5.00. The predicted octanol–water partition coefficient (Wildman–Crippen LogP) is 3.32. The molecule has 0 bridgehead atoms. The van der Waals surface area contributed by atoms with Crippen LogP contribution in [0.1, 0.15) is 38.2 Å². The molecule has 0 amide bonds. The van der Waals surface area contributed by atoms with Crippen LogP contribution in [0.25, 0.3) is 0 Å². The van der Waals surface area contributed by atoms with Gasteiger partial charge in [0.05, 0.1) is 0 Å². The highest BCUT2D eigenvalue weighted by atomic mass is 15.1. The van der Waals surface area contributed by atoms with Crippen molar-refractivity contribution < 1.29 is 0 Å². The van der Waals surface area contributed by atoms with E-state index in [0.29, 0.717) is 5.41 Å². The first kappa shape index (κ1) is 15.5. The zero-order chi connectivity index (χ0) is 14.4. The average Bonchev–Trinajstić information content (AvgIpc) is 2.49. The topological polar surface area (TPSA) is 29.3 Å². The molecule has 2 rings (SSSR count). The molecule has 2 N–H and O–H groups in total. The molecule has 112 valence electrons. The molecule has 0 spiro atoms. The number of likely N-dealkylation sites (N-methyl/N-ethyl adjacent to an activating group) is 1. The standard InChI is InChI=1S/C18H30N2/c1-16-8-11-18(14-19,12-9-16)15-20(2)13-10-17-6-4-3-5-7-17/h3-7,16H,8-15,19H2,1-2H3. The van der Waals surface area contributed by atoms with Gasteiger partial charge in [-0.05, 0) is 49.8 Å². The van der Waals surface area contributed by atoms with Gasteiger partial charge in [0.2, 0.25) is 0 Å². The Morgan fingerprint density at radius 3 is 2.45 bits per heavy atom. The molecule has 1 aliphatic carbocycles. The van der Waals surface area contributed by atoms with Crippen molar-refractivity contribution in [3.8, 4) is 0 Å². The minimum Gasteiger partial charge on any atom is -0.330 e. The molecule has 0 saturated heterocycles. The number of nitrogens with zero attached hydrogens (tertiary/aromatic N) is 1. The van der Waals surface area contributed by atoms with Crippen molar-refractivity contribution in [3.63, 3.8) is 0 Å². The maximum Gasteiger partial charge on any atom is 0.00471 e. The van der Waals surface area contributed by atoms with Crippen LogP contribution in [-0.2, 0) is 6.42 Å². The first-order valence-electron chi connectivity index (χ1n) is 8.06. The molecule has 0 heterocycles. The third-order valence-electron chi connectivity index (χ3n) is 5.00. The minimum absolute atomic E-state index is 0.373. The Morgan fingerprint density at radius 1 is 1.20 bits per heavy atom. The molecule has 2 heteroatoms. The number of benzene rings is 1. The molecule has 0 unspecified atom stereocenters. The van der Waals surface area contributed by atoms with Gasteiger partial charge in [-0.25, -0.2) is 0 Å². The van der Waals surface area contributed by atoms with E-state index in [4.69, 9.17) is 5.73 Å². The molecule has 0 aromatic heterocycles. The summed E-state index contributed by atoms with van der Waals surface area (Å²) in [5.74, 6) is 0.893. The fourth-order valence-electron chi connectivity index (χ4n) is 3.42. The second-order valence-corrected chi connectivity index (χ2v) is 6.86. The predicted molar refractivity (Wildman–Crippen MR) is 86.8 cm³/mol. The Kier molecular flexibility index (Phi) is 5.62. The van der Waals surface area contributed by atoms with E-state index in [0.717, 1.165) is 32.0 Å². The maximum absolute atomic E-state index is 6.11. The van der Waals surface area contributed by atoms with Gasteiger partial charge in [0.25, 0.3) is 0 Å². The van der Waals surface area contributed by atoms with E-state index in [-0.39, 0.29) is 0 Å². The molecule has 1 saturated carbocycles. The minimum atomic E-state index is 0.373. The second kappa shape index (κ2) is 7.24. The van der Waals surface area contributed by atoms with Crippen LogP contribution >= 0.6 is 0 Å². The lowest BCUT2D eigenvalue weighted by molar-refractivity contribution is 0.109. The molecule has 20 heavy (non-hydrogen) atoms. The van der Waals surface area contributed by atoms with E-state index in [9.17, 15) is 0 Å². The van der Waals surface area contributed by atoms with Gasteiger partial charge in [0.1, 0.15) is 0 Å². The van der Waals surface area contributed by atoms with Crippen molar-refractivity contribution in [1.82, 2.24) is 4.90 Å². The molecule has 1 aromatic rings. The van der Waals surface area contributed by atoms with Gasteiger partial charge in [0.15, 0.2) is 0 Å². The Balaban J connectivity index is 1.82. The van der Waals surface area contributed by atoms with Crippen molar-refractivity contribution in [2.75, 3.05) is 26.7 Å². The van der Waals surface area contributed by atoms with Crippen LogP contribution in [0.4, 0.5) is 0 Å². The molecule has 1 aromatic carbocycles. The van der Waals surface area contributed by atoms with Crippen LogP contribution in [0.3, 0.4) is 0 Å². The molecule has 0 radical (unpaired) electrons. The van der Waals surface area contributed by atoms with Gasteiger partial charge >= 0.3 is 0 Å². The Bertz CT molecular complexity index is 380. The van der Waals surface area contributed by atoms with Crippen LogP contribution in [-0.4, -0.2) is 31.6 Å². The summed E-state index contributed by atoms with van der Waals surface area (Å²) < 4.78 is 0. The summed E-state index contributed by atoms with van der Waals surface area (Å²) in [6.07, 6.45) is 6.45. The van der Waals surface area contributed by atoms with E-state index >= 15 is 0 Å². The van der Waals surface area contributed by atoms with Crippen molar-refractivity contribution in [1.29, 1.82) is 0 Å². The number of rotatable bonds is 6. The van der Waals surface area contributed by atoms with Gasteiger partial charge in [-0.2, -0.15) is 0 Å². The Morgan fingerprint density at radius 2 is 1.85 bits per heavy atom. The fraction of sp³-hybridized carbons (Fsp3) is 0.667. The van der Waals surface area contributed by atoms with E-state index in [1.807, 2.05) is 0 Å². The van der Waals surface area contributed by atoms with Gasteiger partial charge in [-0.1, -0.05) is 50.1 Å². The van der Waals surface area contributed by atoms with E-state index in [1.165, 1.54) is 31.2 Å². The second-order valence-electron chi connectivity index (χ2n) is 6.86. The summed E-state index contributed by atoms with van der Waals surface area (Å²) in [6.45, 7) is 5.50. The lowest BCUT2D eigenvalue weighted by atomic mass is 9.70. The van der Waals surface area contributed by atoms with Crippen LogP contribution in [0.5, 0.6) is 0 Å². The highest BCUT2D eigenvalue weighted by molar-refractivity contribution is 5.14. The molecule has 0 atom stereocenters. The molecule has 0 aliphatic heterocycles. The van der Waals surface area contributed by atoms with Gasteiger partial charge in [-0.15, -0.1) is 0 Å². The SMILES string of the molecule is CC1CCC(CN)(CN(C)CCc2ccccc2)CC1. The van der Waals surface area contributed by atoms with Crippen LogP contribution in [0, 0.1) is 11.3 Å². The van der Waals surface area contributed by atoms with Crippen molar-refractivity contribution in [2.24, 2.45) is 17.1 Å². The first-order valence-corrected chi connectivity index (χ1v) is 8.06. The monoisotopic (exact) mass is 274 g/mol. The Hall–Kier alpha value is -0.860. The smallest absolute Gasteiger partial charge is 0.00471 e. The average molecular weight is 274 g/mol. The molecule has 1 fully saturated rings. The summed E-state index contributed by atoms with van der Waals surface area (Å²) in [5.41, 5.74) is 7.91. The molecular formula is C18H30N2. The van der Waals surface area contributed by atoms with Gasteiger partial charge in [-0.3, -0.25) is 0 Å². The summed E-state index contributed by atoms with van der Waals surface area (Å²) in [7, 11) is 2.25. The number of hydrogen-bond acceptors (Lipinski definition) is 2. The number of nitrogens with two attached hydrogens (primary N) is 1. The number of hydrogen-bond donors (Lipinski definition) is 1. The van der Waals surface area contributed by atoms with Crippen LogP contribution < -0.4 is 5.73 Å². The molecule has 2 nitrogen and oxygen atoms in total. The summed E-state index contributed by atoms with van der Waals surface area (Å²) in [6, 6.07) is 10.8. The summed E-state index contributed by atoms with van der Waals surface area (Å²) >= 11 is 0. The Labute approximate surface area is 124 Å². The van der Waals surface area contributed by atoms with E-state index < -0.39 is 0 Å². The fourth-order valence-corrected chi connectivity index (χ4v) is 3.42. The quantitative estimate of drug-likeness (QED) is 0.862. The first-order chi connectivity index (χ1) is 9.63.